The minimum Gasteiger partial charge on any atom is -0.463 e. The fourth-order valence-corrected chi connectivity index (χ4v) is 1.86. The first kappa shape index (κ1) is 19.6. The largest absolute Gasteiger partial charge is 0.463 e. The van der Waals surface area contributed by atoms with Crippen LogP contribution in [0.15, 0.2) is 30.3 Å². The molecule has 0 aliphatic heterocycles. The summed E-state index contributed by atoms with van der Waals surface area (Å²) in [6.45, 7) is 7.62. The fourth-order valence-electron chi connectivity index (χ4n) is 1.86. The third-order valence-electron chi connectivity index (χ3n) is 3.21. The second-order valence-electron chi connectivity index (χ2n) is 6.41. The van der Waals surface area contributed by atoms with Crippen LogP contribution in [0.4, 0.5) is 0 Å². The zero-order chi connectivity index (χ0) is 18.5. The van der Waals surface area contributed by atoms with Crippen molar-refractivity contribution in [2.24, 2.45) is 0 Å². The Balaban J connectivity index is 3.08. The van der Waals surface area contributed by atoms with Crippen LogP contribution in [0.3, 0.4) is 0 Å². The summed E-state index contributed by atoms with van der Waals surface area (Å²) in [6.07, 6.45) is 0. The number of benzene rings is 1. The van der Waals surface area contributed by atoms with E-state index in [4.69, 9.17) is 4.74 Å². The highest BCUT2D eigenvalue weighted by Crippen LogP contribution is 2.19. The summed E-state index contributed by atoms with van der Waals surface area (Å²) in [5.41, 5.74) is -0.490. The number of ether oxygens (including phenoxy) is 1. The Bertz CT molecular complexity index is 605. The lowest BCUT2D eigenvalue weighted by atomic mass is 10.0. The van der Waals surface area contributed by atoms with Gasteiger partial charge in [-0.3, -0.25) is 15.0 Å². The van der Waals surface area contributed by atoms with Crippen LogP contribution in [0.25, 0.3) is 0 Å². The number of carbonyl (C=O) groups is 3. The van der Waals surface area contributed by atoms with Crippen LogP contribution in [0.1, 0.15) is 45.0 Å². The Morgan fingerprint density at radius 1 is 1.12 bits per heavy atom. The maximum Gasteiger partial charge on any atom is 0.347 e. The molecule has 0 aliphatic rings. The lowest BCUT2D eigenvalue weighted by Crippen LogP contribution is -2.63. The minimum atomic E-state index is -2.41. The number of hydrazine groups is 1. The number of hydrogen-bond donors (Lipinski definition) is 2. The molecule has 0 bridgehead atoms. The number of amides is 2. The normalized spacial score (nSPS) is 13.6. The minimum absolute atomic E-state index is 0.0220. The first-order chi connectivity index (χ1) is 11.0. The number of nitrogens with one attached hydrogen (secondary N) is 1. The van der Waals surface area contributed by atoms with E-state index >= 15 is 0 Å². The quantitative estimate of drug-likeness (QED) is 0.490. The van der Waals surface area contributed by atoms with Gasteiger partial charge in [0.05, 0.1) is 12.1 Å². The molecule has 7 heteroatoms. The van der Waals surface area contributed by atoms with Gasteiger partial charge < -0.3 is 9.84 Å². The first-order valence-corrected chi connectivity index (χ1v) is 7.62. The molecule has 1 atom stereocenters. The molecule has 1 unspecified atom stereocenters. The lowest BCUT2D eigenvalue weighted by molar-refractivity contribution is -0.178. The summed E-state index contributed by atoms with van der Waals surface area (Å²) in [5.74, 6) is -2.57. The van der Waals surface area contributed by atoms with Gasteiger partial charge >= 0.3 is 5.97 Å². The highest BCUT2D eigenvalue weighted by Gasteiger charge is 2.46. The second kappa shape index (κ2) is 7.44. The highest BCUT2D eigenvalue weighted by molar-refractivity contribution is 6.06. The lowest BCUT2D eigenvalue weighted by Gasteiger charge is -2.38. The molecule has 0 aliphatic carbocycles. The molecular weight excluding hydrogens is 312 g/mol. The Kier molecular flexibility index (Phi) is 6.09. The van der Waals surface area contributed by atoms with Crippen molar-refractivity contribution in [3.8, 4) is 0 Å². The van der Waals surface area contributed by atoms with Gasteiger partial charge in [0.1, 0.15) is 0 Å². The Morgan fingerprint density at radius 3 is 2.12 bits per heavy atom. The van der Waals surface area contributed by atoms with Crippen molar-refractivity contribution in [2.45, 2.75) is 45.8 Å². The Labute approximate surface area is 141 Å². The van der Waals surface area contributed by atoms with E-state index in [1.807, 2.05) is 0 Å². The molecular formula is C17H24N2O5. The predicted octanol–water partition coefficient (Wildman–Crippen LogP) is 1.27. The first-order valence-electron chi connectivity index (χ1n) is 7.62. The van der Waals surface area contributed by atoms with Crippen molar-refractivity contribution in [1.82, 2.24) is 10.4 Å². The average molecular weight is 336 g/mol. The molecule has 132 valence electrons. The van der Waals surface area contributed by atoms with E-state index in [0.717, 1.165) is 11.9 Å². The van der Waals surface area contributed by atoms with Gasteiger partial charge in [-0.1, -0.05) is 18.2 Å². The van der Waals surface area contributed by atoms with Gasteiger partial charge in [-0.05, 0) is 46.8 Å². The van der Waals surface area contributed by atoms with Crippen molar-refractivity contribution >= 4 is 17.8 Å². The highest BCUT2D eigenvalue weighted by atomic mass is 16.5. The summed E-state index contributed by atoms with van der Waals surface area (Å²) in [4.78, 5) is 36.8. The number of rotatable bonds is 4. The molecule has 1 aromatic carbocycles. The molecule has 0 fully saturated rings. The van der Waals surface area contributed by atoms with Crippen LogP contribution in [0.2, 0.25) is 0 Å². The molecule has 1 rings (SSSR count). The summed E-state index contributed by atoms with van der Waals surface area (Å²) in [6, 6.07) is 8.31. The number of aliphatic hydroxyl groups is 1. The molecule has 2 amide bonds. The van der Waals surface area contributed by atoms with E-state index in [1.54, 1.807) is 58.0 Å². The average Bonchev–Trinajstić information content (AvgIpc) is 2.51. The van der Waals surface area contributed by atoms with Crippen molar-refractivity contribution in [3.05, 3.63) is 35.9 Å². The second-order valence-corrected chi connectivity index (χ2v) is 6.41. The third kappa shape index (κ3) is 4.55. The zero-order valence-corrected chi connectivity index (χ0v) is 14.6. The number of hydrogen-bond acceptors (Lipinski definition) is 5. The molecule has 0 radical (unpaired) electrons. The molecule has 7 nitrogen and oxygen atoms in total. The van der Waals surface area contributed by atoms with Gasteiger partial charge in [-0.2, -0.15) is 0 Å². The van der Waals surface area contributed by atoms with E-state index in [-0.39, 0.29) is 6.61 Å². The van der Waals surface area contributed by atoms with E-state index < -0.39 is 28.9 Å². The van der Waals surface area contributed by atoms with Crippen LogP contribution < -0.4 is 5.43 Å². The molecule has 0 saturated carbocycles. The fraction of sp³-hybridized carbons (Fsp3) is 0.471. The molecule has 1 aromatic rings. The number of carbonyl (C=O) groups excluding carboxylic acids is 3. The molecule has 2 N–H and O–H groups in total. The van der Waals surface area contributed by atoms with Gasteiger partial charge in [0.15, 0.2) is 0 Å². The van der Waals surface area contributed by atoms with Gasteiger partial charge in [-0.25, -0.2) is 9.80 Å². The van der Waals surface area contributed by atoms with Crippen LogP contribution in [0.5, 0.6) is 0 Å². The van der Waals surface area contributed by atoms with Crippen LogP contribution in [0, 0.1) is 0 Å². The topological polar surface area (TPSA) is 95.9 Å². The van der Waals surface area contributed by atoms with E-state index in [9.17, 15) is 19.5 Å². The third-order valence-corrected chi connectivity index (χ3v) is 3.21. The number of esters is 1. The van der Waals surface area contributed by atoms with Crippen molar-refractivity contribution < 1.29 is 24.2 Å². The molecule has 0 heterocycles. The monoisotopic (exact) mass is 336 g/mol. The van der Waals surface area contributed by atoms with Crippen molar-refractivity contribution in [2.75, 3.05) is 6.61 Å². The summed E-state index contributed by atoms with van der Waals surface area (Å²) < 4.78 is 4.73. The van der Waals surface area contributed by atoms with Crippen molar-refractivity contribution in [3.63, 3.8) is 0 Å². The van der Waals surface area contributed by atoms with E-state index in [2.05, 4.69) is 5.43 Å². The Hall–Kier alpha value is -2.41. The summed E-state index contributed by atoms with van der Waals surface area (Å²) >= 11 is 0. The standard InChI is InChI=1S/C17H24N2O5/c1-6-24-15(22)17(5,23)14(21)19(16(2,3)4)18-13(20)12-10-8-7-9-11-12/h7-11,23H,6H2,1-5H3,(H,18,20). The van der Waals surface area contributed by atoms with Crippen LogP contribution in [-0.2, 0) is 14.3 Å². The van der Waals surface area contributed by atoms with Gasteiger partial charge in [0.25, 0.3) is 11.8 Å². The maximum atomic E-state index is 12.7. The SMILES string of the molecule is CCOC(=O)C(C)(O)C(=O)N(NC(=O)c1ccccc1)C(C)(C)C. The summed E-state index contributed by atoms with van der Waals surface area (Å²) in [5, 5.41) is 11.2. The molecule has 0 aromatic heterocycles. The van der Waals surface area contributed by atoms with Gasteiger partial charge in [-0.15, -0.1) is 0 Å². The van der Waals surface area contributed by atoms with Crippen LogP contribution in [-0.4, -0.2) is 45.6 Å². The Morgan fingerprint density at radius 2 is 1.67 bits per heavy atom. The zero-order valence-electron chi connectivity index (χ0n) is 14.6. The van der Waals surface area contributed by atoms with Gasteiger partial charge in [0, 0.05) is 5.56 Å². The van der Waals surface area contributed by atoms with Crippen molar-refractivity contribution in [1.29, 1.82) is 0 Å². The van der Waals surface area contributed by atoms with Crippen LogP contribution >= 0.6 is 0 Å². The molecule has 24 heavy (non-hydrogen) atoms. The van der Waals surface area contributed by atoms with E-state index in [1.165, 1.54) is 0 Å². The number of nitrogens with zero attached hydrogens (tertiary/aromatic N) is 1. The molecule has 0 spiro atoms. The predicted molar refractivity (Wildman–Crippen MR) is 87.8 cm³/mol. The molecule has 0 saturated heterocycles. The summed E-state index contributed by atoms with van der Waals surface area (Å²) in [7, 11) is 0. The van der Waals surface area contributed by atoms with E-state index in [0.29, 0.717) is 5.56 Å². The maximum absolute atomic E-state index is 12.7. The van der Waals surface area contributed by atoms with Gasteiger partial charge in [0.2, 0.25) is 5.60 Å². The smallest absolute Gasteiger partial charge is 0.347 e.